The number of carboxylic acids is 1. The van der Waals surface area contributed by atoms with Gasteiger partial charge in [0.05, 0.1) is 12.0 Å². The van der Waals surface area contributed by atoms with Crippen molar-refractivity contribution in [3.8, 4) is 11.5 Å². The number of rotatable bonds is 2. The van der Waals surface area contributed by atoms with Gasteiger partial charge in [0.15, 0.2) is 11.5 Å². The Morgan fingerprint density at radius 1 is 1.32 bits per heavy atom. The van der Waals surface area contributed by atoms with E-state index >= 15 is 0 Å². The standard InChI is InChI=1S/C13H14O6/c14-4-9-8(13(16)17)1-6-2-10-11(19-5-18-10)3-7(6)12(9)15/h2-3,8-9,12,14-15H,1,4-5H2,(H,16,17)/t8-,9-,12+/m1/s1. The molecule has 0 unspecified atom stereocenters. The van der Waals surface area contributed by atoms with Crippen molar-refractivity contribution in [3.63, 3.8) is 0 Å². The lowest BCUT2D eigenvalue weighted by molar-refractivity contribution is -0.147. The van der Waals surface area contributed by atoms with Gasteiger partial charge in [-0.05, 0) is 29.7 Å². The molecule has 102 valence electrons. The third-order valence-corrected chi connectivity index (χ3v) is 3.84. The van der Waals surface area contributed by atoms with E-state index in [1.54, 1.807) is 12.1 Å². The van der Waals surface area contributed by atoms with E-state index in [1.165, 1.54) is 0 Å². The number of aliphatic hydroxyl groups is 2. The van der Waals surface area contributed by atoms with E-state index in [9.17, 15) is 20.1 Å². The lowest BCUT2D eigenvalue weighted by Crippen LogP contribution is -2.36. The van der Waals surface area contributed by atoms with Crippen molar-refractivity contribution in [1.29, 1.82) is 0 Å². The summed E-state index contributed by atoms with van der Waals surface area (Å²) in [7, 11) is 0. The lowest BCUT2D eigenvalue weighted by atomic mass is 9.74. The molecule has 1 aromatic carbocycles. The molecule has 0 saturated heterocycles. The summed E-state index contributed by atoms with van der Waals surface area (Å²) in [4.78, 5) is 11.2. The molecule has 2 aliphatic rings. The monoisotopic (exact) mass is 266 g/mol. The van der Waals surface area contributed by atoms with Gasteiger partial charge in [0.2, 0.25) is 6.79 Å². The highest BCUT2D eigenvalue weighted by Gasteiger charge is 2.40. The fourth-order valence-electron chi connectivity index (χ4n) is 2.79. The molecule has 0 radical (unpaired) electrons. The van der Waals surface area contributed by atoms with Crippen molar-refractivity contribution in [3.05, 3.63) is 23.3 Å². The molecule has 0 aromatic heterocycles. The van der Waals surface area contributed by atoms with Gasteiger partial charge in [0.25, 0.3) is 0 Å². The van der Waals surface area contributed by atoms with Gasteiger partial charge in [-0.3, -0.25) is 4.79 Å². The second-order valence-electron chi connectivity index (χ2n) is 4.84. The van der Waals surface area contributed by atoms with Crippen LogP contribution in [0.3, 0.4) is 0 Å². The smallest absolute Gasteiger partial charge is 0.307 e. The van der Waals surface area contributed by atoms with E-state index in [0.29, 0.717) is 17.1 Å². The van der Waals surface area contributed by atoms with E-state index in [2.05, 4.69) is 0 Å². The molecule has 1 heterocycles. The fraction of sp³-hybridized carbons (Fsp3) is 0.462. The highest BCUT2D eigenvalue weighted by atomic mass is 16.7. The Morgan fingerprint density at radius 3 is 2.63 bits per heavy atom. The zero-order chi connectivity index (χ0) is 13.6. The molecule has 0 amide bonds. The van der Waals surface area contributed by atoms with Crippen LogP contribution in [0, 0.1) is 11.8 Å². The fourth-order valence-corrected chi connectivity index (χ4v) is 2.79. The van der Waals surface area contributed by atoms with Crippen LogP contribution in [0.5, 0.6) is 11.5 Å². The highest BCUT2D eigenvalue weighted by Crippen LogP contribution is 2.44. The van der Waals surface area contributed by atoms with Crippen LogP contribution >= 0.6 is 0 Å². The third kappa shape index (κ3) is 1.84. The van der Waals surface area contributed by atoms with Crippen LogP contribution in [0.25, 0.3) is 0 Å². The largest absolute Gasteiger partial charge is 0.481 e. The van der Waals surface area contributed by atoms with E-state index in [1.807, 2.05) is 0 Å². The molecule has 1 aromatic rings. The van der Waals surface area contributed by atoms with Crippen molar-refractivity contribution < 1.29 is 29.6 Å². The van der Waals surface area contributed by atoms with Crippen molar-refractivity contribution >= 4 is 5.97 Å². The average molecular weight is 266 g/mol. The maximum absolute atomic E-state index is 11.2. The Kier molecular flexibility index (Phi) is 2.83. The second kappa shape index (κ2) is 4.40. The predicted octanol–water partition coefficient (Wildman–Crippen LogP) is 0.314. The molecule has 3 atom stereocenters. The first-order chi connectivity index (χ1) is 9.11. The topological polar surface area (TPSA) is 96.2 Å². The van der Waals surface area contributed by atoms with Crippen LogP contribution in [0.4, 0.5) is 0 Å². The number of aliphatic hydroxyl groups excluding tert-OH is 2. The van der Waals surface area contributed by atoms with Crippen molar-refractivity contribution in [2.75, 3.05) is 13.4 Å². The van der Waals surface area contributed by atoms with Gasteiger partial charge in [-0.2, -0.15) is 0 Å². The zero-order valence-corrected chi connectivity index (χ0v) is 10.1. The minimum absolute atomic E-state index is 0.125. The Labute approximate surface area is 109 Å². The Balaban J connectivity index is 2.05. The summed E-state index contributed by atoms with van der Waals surface area (Å²) in [5.41, 5.74) is 1.34. The van der Waals surface area contributed by atoms with Crippen LogP contribution < -0.4 is 9.47 Å². The summed E-state index contributed by atoms with van der Waals surface area (Å²) in [6.07, 6.45) is -0.742. The molecule has 19 heavy (non-hydrogen) atoms. The predicted molar refractivity (Wildman–Crippen MR) is 62.9 cm³/mol. The van der Waals surface area contributed by atoms with Crippen molar-refractivity contribution in [2.45, 2.75) is 12.5 Å². The third-order valence-electron chi connectivity index (χ3n) is 3.84. The summed E-state index contributed by atoms with van der Waals surface area (Å²) in [6, 6.07) is 3.38. The molecule has 0 bridgehead atoms. The summed E-state index contributed by atoms with van der Waals surface area (Å²) in [6.45, 7) is -0.244. The SMILES string of the molecule is O=C(O)[C@@H]1Cc2cc3c(cc2[C@H](O)[C@@H]1CO)OCO3. The molecule has 0 saturated carbocycles. The number of carboxylic acid groups (broad SMARTS) is 1. The zero-order valence-electron chi connectivity index (χ0n) is 10.1. The van der Waals surface area contributed by atoms with Gasteiger partial charge in [0.1, 0.15) is 0 Å². The first-order valence-corrected chi connectivity index (χ1v) is 6.06. The molecule has 1 aliphatic carbocycles. The molecule has 1 aliphatic heterocycles. The van der Waals surface area contributed by atoms with Gasteiger partial charge < -0.3 is 24.8 Å². The van der Waals surface area contributed by atoms with E-state index < -0.39 is 23.9 Å². The summed E-state index contributed by atoms with van der Waals surface area (Å²) in [5, 5.41) is 28.8. The number of aliphatic carboxylic acids is 1. The van der Waals surface area contributed by atoms with Gasteiger partial charge in [-0.25, -0.2) is 0 Å². The molecule has 3 N–H and O–H groups in total. The highest BCUT2D eigenvalue weighted by molar-refractivity contribution is 5.72. The normalized spacial score (nSPS) is 28.0. The van der Waals surface area contributed by atoms with Gasteiger partial charge in [-0.1, -0.05) is 0 Å². The molecule has 6 nitrogen and oxygen atoms in total. The molecule has 3 rings (SSSR count). The maximum Gasteiger partial charge on any atom is 0.307 e. The molecule has 0 fully saturated rings. The first kappa shape index (κ1) is 12.3. The lowest BCUT2D eigenvalue weighted by Gasteiger charge is -2.33. The number of benzene rings is 1. The summed E-state index contributed by atoms with van der Waals surface area (Å²) in [5.74, 6) is -1.40. The average Bonchev–Trinajstić information content (AvgIpc) is 2.83. The van der Waals surface area contributed by atoms with Crippen LogP contribution in [-0.4, -0.2) is 34.7 Å². The summed E-state index contributed by atoms with van der Waals surface area (Å²) < 4.78 is 10.5. The van der Waals surface area contributed by atoms with Gasteiger partial charge in [-0.15, -0.1) is 0 Å². The van der Waals surface area contributed by atoms with E-state index in [4.69, 9.17) is 9.47 Å². The van der Waals surface area contributed by atoms with Crippen molar-refractivity contribution in [1.82, 2.24) is 0 Å². The maximum atomic E-state index is 11.2. The Bertz CT molecular complexity index is 526. The van der Waals surface area contributed by atoms with Crippen LogP contribution in [0.2, 0.25) is 0 Å². The quantitative estimate of drug-likeness (QED) is 0.713. The number of hydrogen-bond acceptors (Lipinski definition) is 5. The van der Waals surface area contributed by atoms with E-state index in [-0.39, 0.29) is 19.8 Å². The number of ether oxygens (including phenoxy) is 2. The Hall–Kier alpha value is -1.79. The van der Waals surface area contributed by atoms with Crippen LogP contribution in [0.1, 0.15) is 17.2 Å². The minimum atomic E-state index is -1.01. The molecular weight excluding hydrogens is 252 g/mol. The Morgan fingerprint density at radius 2 is 2.00 bits per heavy atom. The number of hydrogen-bond donors (Lipinski definition) is 3. The molecule has 0 spiro atoms. The minimum Gasteiger partial charge on any atom is -0.481 e. The van der Waals surface area contributed by atoms with Crippen LogP contribution in [0.15, 0.2) is 12.1 Å². The van der Waals surface area contributed by atoms with Crippen LogP contribution in [-0.2, 0) is 11.2 Å². The first-order valence-electron chi connectivity index (χ1n) is 6.06. The molecular formula is C13H14O6. The van der Waals surface area contributed by atoms with Gasteiger partial charge in [0, 0.05) is 12.5 Å². The van der Waals surface area contributed by atoms with E-state index in [0.717, 1.165) is 5.56 Å². The van der Waals surface area contributed by atoms with Gasteiger partial charge >= 0.3 is 5.97 Å². The molecule has 6 heteroatoms. The second-order valence-corrected chi connectivity index (χ2v) is 4.84. The van der Waals surface area contributed by atoms with Crippen molar-refractivity contribution in [2.24, 2.45) is 11.8 Å². The number of carbonyl (C=O) groups is 1. The summed E-state index contributed by atoms with van der Waals surface area (Å²) >= 11 is 0. The number of fused-ring (bicyclic) bond motifs is 2.